The van der Waals surface area contributed by atoms with Crippen LogP contribution in [0.4, 0.5) is 11.4 Å². The molecule has 0 aliphatic carbocycles. The van der Waals surface area contributed by atoms with Gasteiger partial charge in [-0.15, -0.1) is 0 Å². The number of nitro groups is 1. The fraction of sp³-hybridized carbons (Fsp3) is 0.0769. The van der Waals surface area contributed by atoms with Gasteiger partial charge in [-0.05, 0) is 17.7 Å². The van der Waals surface area contributed by atoms with Gasteiger partial charge in [0.25, 0.3) is 5.69 Å². The predicted molar refractivity (Wildman–Crippen MR) is 66.9 cm³/mol. The number of nitro benzene ring substituents is 1. The van der Waals surface area contributed by atoms with Crippen LogP contribution in [-0.2, 0) is 6.54 Å². The predicted octanol–water partition coefficient (Wildman–Crippen LogP) is 3.21. The SMILES string of the molecule is O=[N+]([O-])c1cccc(CNc2ccccc2)c1. The zero-order valence-corrected chi connectivity index (χ0v) is 9.17. The van der Waals surface area contributed by atoms with Gasteiger partial charge in [0.15, 0.2) is 0 Å². The van der Waals surface area contributed by atoms with Crippen LogP contribution in [0.25, 0.3) is 0 Å². The third-order valence-corrected chi connectivity index (χ3v) is 2.39. The lowest BCUT2D eigenvalue weighted by atomic mass is 10.2. The summed E-state index contributed by atoms with van der Waals surface area (Å²) < 4.78 is 0. The first-order valence-corrected chi connectivity index (χ1v) is 5.28. The Morgan fingerprint density at radius 1 is 1.06 bits per heavy atom. The number of rotatable bonds is 4. The molecule has 2 aromatic carbocycles. The Kier molecular flexibility index (Phi) is 3.35. The van der Waals surface area contributed by atoms with Gasteiger partial charge >= 0.3 is 0 Å². The van der Waals surface area contributed by atoms with E-state index < -0.39 is 0 Å². The summed E-state index contributed by atoms with van der Waals surface area (Å²) in [6, 6.07) is 16.4. The highest BCUT2D eigenvalue weighted by atomic mass is 16.6. The smallest absolute Gasteiger partial charge is 0.269 e. The zero-order valence-electron chi connectivity index (χ0n) is 9.17. The summed E-state index contributed by atoms with van der Waals surface area (Å²) in [5, 5.41) is 13.8. The monoisotopic (exact) mass is 228 g/mol. The van der Waals surface area contributed by atoms with Crippen LogP contribution in [0.5, 0.6) is 0 Å². The lowest BCUT2D eigenvalue weighted by Crippen LogP contribution is -1.99. The van der Waals surface area contributed by atoms with Gasteiger partial charge in [-0.2, -0.15) is 0 Å². The molecule has 4 heteroatoms. The zero-order chi connectivity index (χ0) is 12.1. The van der Waals surface area contributed by atoms with Crippen LogP contribution in [-0.4, -0.2) is 4.92 Å². The Balaban J connectivity index is 2.04. The largest absolute Gasteiger partial charge is 0.381 e. The minimum Gasteiger partial charge on any atom is -0.381 e. The molecule has 1 N–H and O–H groups in total. The fourth-order valence-corrected chi connectivity index (χ4v) is 1.54. The number of nitrogens with one attached hydrogen (secondary N) is 1. The van der Waals surface area contributed by atoms with E-state index in [1.807, 2.05) is 36.4 Å². The van der Waals surface area contributed by atoms with Crippen molar-refractivity contribution in [2.45, 2.75) is 6.54 Å². The van der Waals surface area contributed by atoms with Crippen molar-refractivity contribution in [3.63, 3.8) is 0 Å². The van der Waals surface area contributed by atoms with Crippen LogP contribution in [0.15, 0.2) is 54.6 Å². The third-order valence-electron chi connectivity index (χ3n) is 2.39. The molecule has 0 saturated carbocycles. The van der Waals surface area contributed by atoms with Crippen molar-refractivity contribution in [2.24, 2.45) is 0 Å². The first kappa shape index (κ1) is 11.1. The highest BCUT2D eigenvalue weighted by Gasteiger charge is 2.04. The summed E-state index contributed by atoms with van der Waals surface area (Å²) in [5.74, 6) is 0. The Bertz CT molecular complexity index is 512. The van der Waals surface area contributed by atoms with Crippen LogP contribution in [0.3, 0.4) is 0 Å². The lowest BCUT2D eigenvalue weighted by Gasteiger charge is -2.05. The van der Waals surface area contributed by atoms with Gasteiger partial charge in [0.05, 0.1) is 4.92 Å². The molecule has 0 heterocycles. The molecule has 0 spiro atoms. The number of para-hydroxylation sites is 1. The van der Waals surface area contributed by atoms with E-state index in [-0.39, 0.29) is 10.6 Å². The number of anilines is 1. The van der Waals surface area contributed by atoms with E-state index in [4.69, 9.17) is 0 Å². The minimum atomic E-state index is -0.383. The number of hydrogen-bond donors (Lipinski definition) is 1. The van der Waals surface area contributed by atoms with E-state index in [9.17, 15) is 10.1 Å². The molecule has 0 fully saturated rings. The van der Waals surface area contributed by atoms with Crippen molar-refractivity contribution in [3.8, 4) is 0 Å². The Labute approximate surface area is 99.1 Å². The summed E-state index contributed by atoms with van der Waals surface area (Å²) in [6.45, 7) is 0.575. The summed E-state index contributed by atoms with van der Waals surface area (Å²) in [4.78, 5) is 10.2. The van der Waals surface area contributed by atoms with Gasteiger partial charge in [0.2, 0.25) is 0 Å². The highest BCUT2D eigenvalue weighted by Crippen LogP contribution is 2.14. The molecule has 86 valence electrons. The Morgan fingerprint density at radius 3 is 2.53 bits per heavy atom. The average molecular weight is 228 g/mol. The fourth-order valence-electron chi connectivity index (χ4n) is 1.54. The standard InChI is InChI=1S/C13H12N2O2/c16-15(17)13-8-4-5-11(9-13)10-14-12-6-2-1-3-7-12/h1-9,14H,10H2. The summed E-state index contributed by atoms with van der Waals surface area (Å²) in [6.07, 6.45) is 0. The van der Waals surface area contributed by atoms with Crippen molar-refractivity contribution in [1.82, 2.24) is 0 Å². The Hall–Kier alpha value is -2.36. The Morgan fingerprint density at radius 2 is 1.82 bits per heavy atom. The molecule has 2 aromatic rings. The first-order valence-electron chi connectivity index (χ1n) is 5.28. The van der Waals surface area contributed by atoms with Crippen molar-refractivity contribution in [3.05, 3.63) is 70.3 Å². The maximum absolute atomic E-state index is 10.6. The van der Waals surface area contributed by atoms with E-state index in [0.29, 0.717) is 6.54 Å². The van der Waals surface area contributed by atoms with Crippen LogP contribution in [0, 0.1) is 10.1 Å². The molecule has 2 rings (SSSR count). The molecular weight excluding hydrogens is 216 g/mol. The van der Waals surface area contributed by atoms with Crippen molar-refractivity contribution >= 4 is 11.4 Å². The molecule has 0 bridgehead atoms. The average Bonchev–Trinajstić information content (AvgIpc) is 2.38. The third kappa shape index (κ3) is 3.04. The number of nitrogens with zero attached hydrogens (tertiary/aromatic N) is 1. The van der Waals surface area contributed by atoms with E-state index in [1.54, 1.807) is 12.1 Å². The molecule has 0 aliphatic heterocycles. The van der Waals surface area contributed by atoms with Crippen molar-refractivity contribution in [2.75, 3.05) is 5.32 Å². The molecule has 0 amide bonds. The molecule has 0 aliphatic rings. The maximum Gasteiger partial charge on any atom is 0.269 e. The second kappa shape index (κ2) is 5.12. The normalized spacial score (nSPS) is 9.88. The summed E-state index contributed by atoms with van der Waals surface area (Å²) in [7, 11) is 0. The summed E-state index contributed by atoms with van der Waals surface area (Å²) in [5.41, 5.74) is 2.01. The van der Waals surface area contributed by atoms with E-state index in [2.05, 4.69) is 5.32 Å². The lowest BCUT2D eigenvalue weighted by molar-refractivity contribution is -0.384. The van der Waals surface area contributed by atoms with Gasteiger partial charge in [0.1, 0.15) is 0 Å². The van der Waals surface area contributed by atoms with Crippen molar-refractivity contribution < 1.29 is 4.92 Å². The maximum atomic E-state index is 10.6. The van der Waals surface area contributed by atoms with Crippen LogP contribution >= 0.6 is 0 Å². The molecule has 0 aromatic heterocycles. The number of benzene rings is 2. The number of non-ortho nitro benzene ring substituents is 1. The van der Waals surface area contributed by atoms with Crippen molar-refractivity contribution in [1.29, 1.82) is 0 Å². The van der Waals surface area contributed by atoms with Gasteiger partial charge in [-0.3, -0.25) is 10.1 Å². The van der Waals surface area contributed by atoms with Gasteiger partial charge in [0, 0.05) is 24.4 Å². The van der Waals surface area contributed by atoms with Crippen LogP contribution < -0.4 is 5.32 Å². The van der Waals surface area contributed by atoms with Crippen LogP contribution in [0.2, 0.25) is 0 Å². The molecule has 0 radical (unpaired) electrons. The molecule has 0 saturated heterocycles. The van der Waals surface area contributed by atoms with Crippen LogP contribution in [0.1, 0.15) is 5.56 Å². The van der Waals surface area contributed by atoms with E-state index in [0.717, 1.165) is 11.3 Å². The van der Waals surface area contributed by atoms with E-state index in [1.165, 1.54) is 6.07 Å². The topological polar surface area (TPSA) is 55.2 Å². The van der Waals surface area contributed by atoms with Gasteiger partial charge < -0.3 is 5.32 Å². The second-order valence-electron chi connectivity index (χ2n) is 3.65. The molecule has 0 unspecified atom stereocenters. The summed E-state index contributed by atoms with van der Waals surface area (Å²) >= 11 is 0. The highest BCUT2D eigenvalue weighted by molar-refractivity contribution is 5.44. The minimum absolute atomic E-state index is 0.123. The van der Waals surface area contributed by atoms with Gasteiger partial charge in [-0.25, -0.2) is 0 Å². The molecule has 17 heavy (non-hydrogen) atoms. The number of hydrogen-bond acceptors (Lipinski definition) is 3. The molecule has 4 nitrogen and oxygen atoms in total. The second-order valence-corrected chi connectivity index (χ2v) is 3.65. The first-order chi connectivity index (χ1) is 8.25. The molecular formula is C13H12N2O2. The van der Waals surface area contributed by atoms with E-state index >= 15 is 0 Å². The quantitative estimate of drug-likeness (QED) is 0.645. The van der Waals surface area contributed by atoms with Gasteiger partial charge in [-0.1, -0.05) is 30.3 Å². The molecule has 0 atom stereocenters.